The number of carbonyl (C=O) groups is 3. The molecule has 1 aliphatic rings. The number of ether oxygens (including phenoxy) is 1. The second-order valence-electron chi connectivity index (χ2n) is 6.51. The van der Waals surface area contributed by atoms with Gasteiger partial charge in [-0.05, 0) is 30.7 Å². The van der Waals surface area contributed by atoms with E-state index < -0.39 is 28.4 Å². The first kappa shape index (κ1) is 21.5. The van der Waals surface area contributed by atoms with Gasteiger partial charge in [0.15, 0.2) is 0 Å². The van der Waals surface area contributed by atoms with Crippen molar-refractivity contribution >= 4 is 33.4 Å². The maximum Gasteiger partial charge on any atom is 0.269 e. The number of amides is 3. The highest BCUT2D eigenvalue weighted by molar-refractivity contribution is 7.90. The molecular weight excluding hydrogens is 410 g/mol. The normalized spacial score (nSPS) is 14.3. The number of nitrogens with zero attached hydrogens (tertiary/aromatic N) is 1. The molecule has 1 heterocycles. The van der Waals surface area contributed by atoms with Gasteiger partial charge in [-0.25, -0.2) is 12.7 Å². The van der Waals surface area contributed by atoms with Crippen molar-refractivity contribution in [2.24, 2.45) is 0 Å². The fourth-order valence-electron chi connectivity index (χ4n) is 3.01. The third-order valence-electron chi connectivity index (χ3n) is 4.46. The van der Waals surface area contributed by atoms with Crippen LogP contribution in [-0.2, 0) is 19.6 Å². The number of rotatable bonds is 8. The summed E-state index contributed by atoms with van der Waals surface area (Å²) in [4.78, 5) is 37.2. The molecule has 2 aromatic rings. The van der Waals surface area contributed by atoms with E-state index in [1.807, 2.05) is 0 Å². The monoisotopic (exact) mass is 431 g/mol. The van der Waals surface area contributed by atoms with Crippen LogP contribution in [-0.4, -0.2) is 57.3 Å². The Balaban J connectivity index is 1.71. The van der Waals surface area contributed by atoms with Crippen LogP contribution in [0.15, 0.2) is 53.4 Å². The average molecular weight is 431 g/mol. The lowest BCUT2D eigenvalue weighted by Crippen LogP contribution is -2.37. The Kier molecular flexibility index (Phi) is 6.48. The van der Waals surface area contributed by atoms with E-state index in [1.165, 1.54) is 30.3 Å². The Morgan fingerprint density at radius 3 is 2.50 bits per heavy atom. The maximum absolute atomic E-state index is 12.6. The summed E-state index contributed by atoms with van der Waals surface area (Å²) in [6, 6.07) is 12.1. The average Bonchev–Trinajstić information content (AvgIpc) is 2.92. The molecule has 30 heavy (non-hydrogen) atoms. The summed E-state index contributed by atoms with van der Waals surface area (Å²) in [7, 11) is -2.53. The number of fused-ring (bicyclic) bond motifs is 1. The molecule has 0 saturated carbocycles. The van der Waals surface area contributed by atoms with Crippen LogP contribution < -0.4 is 10.6 Å². The number of hydrogen-bond acceptors (Lipinski definition) is 6. The first-order valence-corrected chi connectivity index (χ1v) is 10.6. The van der Waals surface area contributed by atoms with Gasteiger partial charge in [0.2, 0.25) is 5.91 Å². The minimum Gasteiger partial charge on any atom is -0.385 e. The first-order chi connectivity index (χ1) is 14.4. The molecule has 1 aliphatic heterocycles. The van der Waals surface area contributed by atoms with Gasteiger partial charge in [0.05, 0.1) is 16.8 Å². The van der Waals surface area contributed by atoms with E-state index in [9.17, 15) is 22.8 Å². The summed E-state index contributed by atoms with van der Waals surface area (Å²) in [5, 5.41) is 5.24. The molecular formula is C20H21N3O6S. The molecule has 2 N–H and O–H groups in total. The number of anilines is 1. The van der Waals surface area contributed by atoms with Crippen molar-refractivity contribution in [2.75, 3.05) is 32.1 Å². The molecule has 2 aromatic carbocycles. The van der Waals surface area contributed by atoms with E-state index in [-0.39, 0.29) is 27.6 Å². The summed E-state index contributed by atoms with van der Waals surface area (Å²) in [6.45, 7) is 0.201. The highest BCUT2D eigenvalue weighted by Crippen LogP contribution is 2.29. The Morgan fingerprint density at radius 1 is 1.07 bits per heavy atom. The molecule has 0 aliphatic carbocycles. The molecule has 0 atom stereocenters. The molecule has 3 amide bonds. The van der Waals surface area contributed by atoms with Crippen LogP contribution in [0.4, 0.5) is 5.69 Å². The van der Waals surface area contributed by atoms with Crippen molar-refractivity contribution in [3.8, 4) is 0 Å². The van der Waals surface area contributed by atoms with Crippen molar-refractivity contribution in [3.63, 3.8) is 0 Å². The maximum atomic E-state index is 12.6. The smallest absolute Gasteiger partial charge is 0.269 e. The second-order valence-corrected chi connectivity index (χ2v) is 8.34. The minimum absolute atomic E-state index is 0.0288. The summed E-state index contributed by atoms with van der Waals surface area (Å²) in [6.07, 6.45) is 0.631. The van der Waals surface area contributed by atoms with Crippen LogP contribution in [0.3, 0.4) is 0 Å². The molecule has 0 saturated heterocycles. The molecule has 3 rings (SSSR count). The summed E-state index contributed by atoms with van der Waals surface area (Å²) in [5.74, 6) is -1.89. The second kappa shape index (κ2) is 9.06. The van der Waals surface area contributed by atoms with Gasteiger partial charge in [-0.1, -0.05) is 24.3 Å². The Bertz CT molecular complexity index is 1080. The van der Waals surface area contributed by atoms with Gasteiger partial charge in [0, 0.05) is 20.3 Å². The Morgan fingerprint density at radius 2 is 1.77 bits per heavy atom. The lowest BCUT2D eigenvalue weighted by atomic mass is 10.1. The molecule has 0 spiro atoms. The van der Waals surface area contributed by atoms with Gasteiger partial charge < -0.3 is 15.4 Å². The third-order valence-corrected chi connectivity index (χ3v) is 6.24. The zero-order chi connectivity index (χ0) is 21.7. The Labute approximate surface area is 174 Å². The van der Waals surface area contributed by atoms with E-state index in [2.05, 4.69) is 10.6 Å². The van der Waals surface area contributed by atoms with Crippen molar-refractivity contribution in [2.45, 2.75) is 11.3 Å². The molecule has 0 radical (unpaired) electrons. The van der Waals surface area contributed by atoms with Gasteiger partial charge in [-0.15, -0.1) is 0 Å². The molecule has 158 valence electrons. The van der Waals surface area contributed by atoms with Crippen molar-refractivity contribution in [1.29, 1.82) is 0 Å². The number of hydrogen-bond donors (Lipinski definition) is 2. The molecule has 0 fully saturated rings. The standard InChI is InChI=1S/C20H21N3O6S/c1-29-12-6-11-21-19(25)14-7-2-4-9-16(14)22-18(24)13-23-20(26)15-8-3-5-10-17(15)30(23,27)28/h2-5,7-10H,6,11-13H2,1H3,(H,21,25)(H,22,24). The highest BCUT2D eigenvalue weighted by Gasteiger charge is 2.41. The van der Waals surface area contributed by atoms with Crippen LogP contribution in [0.2, 0.25) is 0 Å². The summed E-state index contributed by atoms with van der Waals surface area (Å²) < 4.78 is 30.6. The van der Waals surface area contributed by atoms with Crippen molar-refractivity contribution in [3.05, 3.63) is 59.7 Å². The number of sulfonamides is 1. The van der Waals surface area contributed by atoms with Crippen LogP contribution >= 0.6 is 0 Å². The van der Waals surface area contributed by atoms with Crippen molar-refractivity contribution in [1.82, 2.24) is 9.62 Å². The van der Waals surface area contributed by atoms with Gasteiger partial charge in [-0.3, -0.25) is 14.4 Å². The van der Waals surface area contributed by atoms with Crippen LogP contribution in [0.1, 0.15) is 27.1 Å². The lowest BCUT2D eigenvalue weighted by Gasteiger charge is -2.16. The number of nitrogens with one attached hydrogen (secondary N) is 2. The minimum atomic E-state index is -4.10. The lowest BCUT2D eigenvalue weighted by molar-refractivity contribution is -0.116. The molecule has 10 heteroatoms. The summed E-state index contributed by atoms with van der Waals surface area (Å²) >= 11 is 0. The van der Waals surface area contributed by atoms with Gasteiger partial charge >= 0.3 is 0 Å². The molecule has 0 unspecified atom stereocenters. The van der Waals surface area contributed by atoms with E-state index in [4.69, 9.17) is 4.74 Å². The number of carbonyl (C=O) groups excluding carboxylic acids is 3. The number of benzene rings is 2. The van der Waals surface area contributed by atoms with Gasteiger partial charge in [0.1, 0.15) is 11.4 Å². The number of para-hydroxylation sites is 1. The zero-order valence-electron chi connectivity index (χ0n) is 16.3. The van der Waals surface area contributed by atoms with Crippen LogP contribution in [0.5, 0.6) is 0 Å². The molecule has 9 nitrogen and oxygen atoms in total. The predicted octanol–water partition coefficient (Wildman–Crippen LogP) is 1.24. The zero-order valence-corrected chi connectivity index (χ0v) is 17.1. The topological polar surface area (TPSA) is 122 Å². The van der Waals surface area contributed by atoms with Crippen LogP contribution in [0, 0.1) is 0 Å². The Hall–Kier alpha value is -3.24. The SMILES string of the molecule is COCCCNC(=O)c1ccccc1NC(=O)CN1C(=O)c2ccccc2S1(=O)=O. The van der Waals surface area contributed by atoms with Gasteiger partial charge in [-0.2, -0.15) is 0 Å². The third kappa shape index (κ3) is 4.34. The molecule has 0 aromatic heterocycles. The predicted molar refractivity (Wildman–Crippen MR) is 109 cm³/mol. The van der Waals surface area contributed by atoms with E-state index in [0.717, 1.165) is 0 Å². The number of methoxy groups -OCH3 is 1. The summed E-state index contributed by atoms with van der Waals surface area (Å²) in [5.41, 5.74) is 0.469. The van der Waals surface area contributed by atoms with Crippen molar-refractivity contribution < 1.29 is 27.5 Å². The largest absolute Gasteiger partial charge is 0.385 e. The van der Waals surface area contributed by atoms with Gasteiger partial charge in [0.25, 0.3) is 21.8 Å². The van der Waals surface area contributed by atoms with E-state index in [1.54, 1.807) is 25.3 Å². The highest BCUT2D eigenvalue weighted by atomic mass is 32.2. The first-order valence-electron chi connectivity index (χ1n) is 9.18. The van der Waals surface area contributed by atoms with Crippen LogP contribution in [0.25, 0.3) is 0 Å². The quantitative estimate of drug-likeness (QED) is 0.607. The van der Waals surface area contributed by atoms with E-state index in [0.29, 0.717) is 23.9 Å². The fraction of sp³-hybridized carbons (Fsp3) is 0.250. The van der Waals surface area contributed by atoms with E-state index >= 15 is 0 Å². The molecule has 0 bridgehead atoms. The fourth-order valence-corrected chi connectivity index (χ4v) is 4.54.